The van der Waals surface area contributed by atoms with E-state index >= 15 is 0 Å². The molecule has 0 spiro atoms. The highest BCUT2D eigenvalue weighted by molar-refractivity contribution is 5.76. The van der Waals surface area contributed by atoms with Crippen molar-refractivity contribution in [1.82, 2.24) is 0 Å². The number of carbonyl (C=O) groups is 1. The summed E-state index contributed by atoms with van der Waals surface area (Å²) in [6, 6.07) is 0.322. The lowest BCUT2D eigenvalue weighted by atomic mass is 9.32. The summed E-state index contributed by atoms with van der Waals surface area (Å²) in [6.45, 7) is 17.5. The molecule has 5 saturated carbocycles. The van der Waals surface area contributed by atoms with E-state index in [1.54, 1.807) is 0 Å². The van der Waals surface area contributed by atoms with Crippen LogP contribution in [-0.2, 0) is 4.79 Å². The van der Waals surface area contributed by atoms with E-state index in [0.717, 1.165) is 38.0 Å². The zero-order chi connectivity index (χ0) is 24.2. The summed E-state index contributed by atoms with van der Waals surface area (Å²) in [6.07, 6.45) is 11.6. The van der Waals surface area contributed by atoms with Crippen LogP contribution in [0.1, 0.15) is 113 Å². The third-order valence-electron chi connectivity index (χ3n) is 13.9. The molecule has 5 unspecified atom stereocenters. The Hall–Kier alpha value is -0.570. The fraction of sp³-hybridized carbons (Fsp3) is 0.967. The maximum Gasteiger partial charge on any atom is 0.309 e. The largest absolute Gasteiger partial charge is 0.481 e. The second kappa shape index (κ2) is 7.23. The van der Waals surface area contributed by atoms with E-state index in [4.69, 9.17) is 5.73 Å². The molecule has 0 amide bonds. The van der Waals surface area contributed by atoms with Gasteiger partial charge < -0.3 is 10.8 Å². The molecule has 5 aliphatic carbocycles. The maximum absolute atomic E-state index is 12.8. The van der Waals surface area contributed by atoms with E-state index in [0.29, 0.717) is 46.5 Å². The molecule has 0 aromatic heterocycles. The predicted octanol–water partition coefficient (Wildman–Crippen LogP) is 7.14. The molecule has 3 N–H and O–H groups in total. The number of hydrogen-bond acceptors (Lipinski definition) is 2. The van der Waals surface area contributed by atoms with Gasteiger partial charge >= 0.3 is 5.97 Å². The summed E-state index contributed by atoms with van der Waals surface area (Å²) < 4.78 is 0. The molecule has 0 bridgehead atoms. The van der Waals surface area contributed by atoms with Gasteiger partial charge in [-0.25, -0.2) is 0 Å². The predicted molar refractivity (Wildman–Crippen MR) is 135 cm³/mol. The topological polar surface area (TPSA) is 63.3 Å². The number of carboxylic acid groups (broad SMARTS) is 1. The van der Waals surface area contributed by atoms with Crippen molar-refractivity contribution in [2.45, 2.75) is 119 Å². The van der Waals surface area contributed by atoms with Gasteiger partial charge in [0.05, 0.1) is 5.41 Å². The summed E-state index contributed by atoms with van der Waals surface area (Å²) in [4.78, 5) is 12.8. The van der Waals surface area contributed by atoms with E-state index in [9.17, 15) is 9.90 Å². The van der Waals surface area contributed by atoms with Crippen LogP contribution in [0.5, 0.6) is 0 Å². The molecule has 10 atom stereocenters. The summed E-state index contributed by atoms with van der Waals surface area (Å²) in [5.41, 5.74) is 7.40. The fourth-order valence-electron chi connectivity index (χ4n) is 11.8. The van der Waals surface area contributed by atoms with E-state index < -0.39 is 11.4 Å². The average molecular weight is 458 g/mol. The molecule has 0 aromatic rings. The van der Waals surface area contributed by atoms with Gasteiger partial charge in [-0.15, -0.1) is 0 Å². The highest BCUT2D eigenvalue weighted by Crippen LogP contribution is 2.77. The van der Waals surface area contributed by atoms with Gasteiger partial charge in [0.1, 0.15) is 0 Å². The summed E-state index contributed by atoms with van der Waals surface area (Å²) in [5, 5.41) is 10.5. The smallest absolute Gasteiger partial charge is 0.309 e. The monoisotopic (exact) mass is 457 g/mol. The minimum absolute atomic E-state index is 0.214. The molecule has 188 valence electrons. The Morgan fingerprint density at radius 2 is 1.52 bits per heavy atom. The molecule has 0 aromatic carbocycles. The van der Waals surface area contributed by atoms with E-state index in [1.165, 1.54) is 32.1 Å². The van der Waals surface area contributed by atoms with Crippen LogP contribution in [0, 0.1) is 62.6 Å². The van der Waals surface area contributed by atoms with Crippen LogP contribution >= 0.6 is 0 Å². The van der Waals surface area contributed by atoms with Crippen LogP contribution in [0.3, 0.4) is 0 Å². The van der Waals surface area contributed by atoms with Crippen molar-refractivity contribution in [2.75, 3.05) is 0 Å². The highest BCUT2D eigenvalue weighted by atomic mass is 16.4. The first-order valence-corrected chi connectivity index (χ1v) is 14.2. The molecule has 0 heterocycles. The number of rotatable bonds is 2. The molecule has 33 heavy (non-hydrogen) atoms. The van der Waals surface area contributed by atoms with E-state index in [1.807, 2.05) is 0 Å². The Labute approximate surface area is 203 Å². The second-order valence-electron chi connectivity index (χ2n) is 15.1. The Bertz CT molecular complexity index is 820. The summed E-state index contributed by atoms with van der Waals surface area (Å²) in [5.74, 6) is 3.06. The van der Waals surface area contributed by atoms with Gasteiger partial charge in [-0.1, -0.05) is 48.5 Å². The molecule has 5 rings (SSSR count). The molecule has 3 heteroatoms. The number of fused-ring (bicyclic) bond motifs is 7. The number of nitrogens with two attached hydrogens (primary N) is 1. The lowest BCUT2D eigenvalue weighted by Gasteiger charge is -2.73. The van der Waals surface area contributed by atoms with Gasteiger partial charge in [-0.3, -0.25) is 4.79 Å². The Kier molecular flexibility index (Phi) is 5.29. The average Bonchev–Trinajstić information content (AvgIpc) is 3.13. The Balaban J connectivity index is 1.56. The lowest BCUT2D eigenvalue weighted by Crippen LogP contribution is -2.67. The summed E-state index contributed by atoms with van der Waals surface area (Å²) in [7, 11) is 0. The second-order valence-corrected chi connectivity index (χ2v) is 15.1. The van der Waals surface area contributed by atoms with Crippen LogP contribution in [0.25, 0.3) is 0 Å². The third kappa shape index (κ3) is 2.81. The molecule has 0 radical (unpaired) electrons. The number of hydrogen-bond donors (Lipinski definition) is 2. The first-order valence-electron chi connectivity index (χ1n) is 14.2. The molecular weight excluding hydrogens is 406 g/mol. The third-order valence-corrected chi connectivity index (χ3v) is 13.9. The molecular formula is C30H51NO2. The van der Waals surface area contributed by atoms with Gasteiger partial charge in [0.2, 0.25) is 0 Å². The minimum Gasteiger partial charge on any atom is -0.481 e. The molecule has 0 aliphatic heterocycles. The molecule has 5 fully saturated rings. The van der Waals surface area contributed by atoms with Crippen molar-refractivity contribution in [3.8, 4) is 0 Å². The Morgan fingerprint density at radius 1 is 0.818 bits per heavy atom. The van der Waals surface area contributed by atoms with Crippen LogP contribution in [0.2, 0.25) is 0 Å². The van der Waals surface area contributed by atoms with Gasteiger partial charge in [0.25, 0.3) is 0 Å². The van der Waals surface area contributed by atoms with Crippen LogP contribution in [0.15, 0.2) is 0 Å². The van der Waals surface area contributed by atoms with Crippen molar-refractivity contribution in [1.29, 1.82) is 0 Å². The molecule has 3 nitrogen and oxygen atoms in total. The van der Waals surface area contributed by atoms with E-state index in [-0.39, 0.29) is 10.8 Å². The van der Waals surface area contributed by atoms with Gasteiger partial charge in [-0.2, -0.15) is 0 Å². The van der Waals surface area contributed by atoms with Gasteiger partial charge in [0.15, 0.2) is 0 Å². The summed E-state index contributed by atoms with van der Waals surface area (Å²) >= 11 is 0. The maximum atomic E-state index is 12.8. The standard InChI is InChI=1S/C30H51NO2/c1-18(2)19-10-15-30(25(32)33)17-16-28(6)20(24(19)30)8-9-22-27(5)13-12-23(31)26(3,4)21(27)11-14-29(22,28)7/h18-24H,8-17,31H2,1-7H3,(H,32,33)/t19-,20?,21?,22?,23?,24?,27-,28+,29+,30-/m0/s1. The SMILES string of the molecule is CC(C)[C@@H]1CC[C@]2(C(=O)O)CC[C@]3(C)C(CCC4[C@@]5(C)CCC(N)C(C)(C)C5CC[C@]43C)C12. The molecule has 0 saturated heterocycles. The van der Waals surface area contributed by atoms with Crippen molar-refractivity contribution >= 4 is 5.97 Å². The van der Waals surface area contributed by atoms with Gasteiger partial charge in [-0.05, 0) is 121 Å². The van der Waals surface area contributed by atoms with Crippen molar-refractivity contribution in [3.05, 3.63) is 0 Å². The van der Waals surface area contributed by atoms with Crippen molar-refractivity contribution in [2.24, 2.45) is 68.3 Å². The quantitative estimate of drug-likeness (QED) is 0.463. The molecule has 5 aliphatic rings. The van der Waals surface area contributed by atoms with Crippen LogP contribution < -0.4 is 5.73 Å². The lowest BCUT2D eigenvalue weighted by molar-refractivity contribution is -0.241. The Morgan fingerprint density at radius 3 is 2.15 bits per heavy atom. The fourth-order valence-corrected chi connectivity index (χ4v) is 11.8. The minimum atomic E-state index is -0.483. The zero-order valence-corrected chi connectivity index (χ0v) is 22.5. The number of aliphatic carboxylic acids is 1. The van der Waals surface area contributed by atoms with E-state index in [2.05, 4.69) is 48.5 Å². The zero-order valence-electron chi connectivity index (χ0n) is 22.5. The highest BCUT2D eigenvalue weighted by Gasteiger charge is 2.71. The van der Waals surface area contributed by atoms with Crippen LogP contribution in [0.4, 0.5) is 0 Å². The first kappa shape index (κ1) is 24.1. The normalized spacial score (nSPS) is 55.3. The number of carboxylic acids is 1. The van der Waals surface area contributed by atoms with Crippen molar-refractivity contribution in [3.63, 3.8) is 0 Å². The van der Waals surface area contributed by atoms with Crippen molar-refractivity contribution < 1.29 is 9.90 Å². The van der Waals surface area contributed by atoms with Crippen LogP contribution in [-0.4, -0.2) is 17.1 Å². The first-order chi connectivity index (χ1) is 15.3. The van der Waals surface area contributed by atoms with Gasteiger partial charge in [0, 0.05) is 6.04 Å².